The van der Waals surface area contributed by atoms with Crippen molar-refractivity contribution < 1.29 is 13.7 Å². The maximum absolute atomic E-state index is 12.7. The number of hydrogen-bond donors (Lipinski definition) is 0. The Bertz CT molecular complexity index is 545. The lowest BCUT2D eigenvalue weighted by atomic mass is 10.0. The van der Waals surface area contributed by atoms with Gasteiger partial charge in [-0.2, -0.15) is 10.5 Å². The van der Waals surface area contributed by atoms with E-state index in [0.29, 0.717) is 0 Å². The molecule has 0 aromatic carbocycles. The van der Waals surface area contributed by atoms with Crippen LogP contribution in [-0.4, -0.2) is 9.91 Å². The first-order valence-corrected chi connectivity index (χ1v) is 4.24. The van der Waals surface area contributed by atoms with E-state index in [4.69, 9.17) is 10.5 Å². The average Bonchev–Trinajstić information content (AvgIpc) is 2.28. The van der Waals surface area contributed by atoms with Crippen LogP contribution in [0, 0.1) is 32.8 Å². The molecule has 1 rings (SSSR count). The normalized spacial score (nSPS) is 9.71. The number of rotatable bonds is 3. The van der Waals surface area contributed by atoms with Crippen LogP contribution in [0.25, 0.3) is 0 Å². The number of pyridine rings is 1. The van der Waals surface area contributed by atoms with Gasteiger partial charge in [0.25, 0.3) is 6.43 Å². The van der Waals surface area contributed by atoms with Crippen molar-refractivity contribution in [1.82, 2.24) is 4.98 Å². The molecule has 0 aliphatic carbocycles. The van der Waals surface area contributed by atoms with Gasteiger partial charge in [0.05, 0.1) is 18.1 Å². The molecule has 0 unspecified atom stereocenters. The van der Waals surface area contributed by atoms with Crippen LogP contribution in [0.5, 0.6) is 0 Å². The number of halogens is 2. The monoisotopic (exact) mass is 238 g/mol. The molecule has 1 aromatic rings. The molecule has 6 nitrogen and oxygen atoms in total. The summed E-state index contributed by atoms with van der Waals surface area (Å²) in [5, 5.41) is 27.7. The summed E-state index contributed by atoms with van der Waals surface area (Å²) in [5.74, 6) is -1.06. The van der Waals surface area contributed by atoms with E-state index >= 15 is 0 Å². The van der Waals surface area contributed by atoms with Crippen molar-refractivity contribution in [3.63, 3.8) is 0 Å². The Morgan fingerprint density at radius 2 is 2.18 bits per heavy atom. The van der Waals surface area contributed by atoms with Crippen LogP contribution in [0.1, 0.15) is 23.1 Å². The Morgan fingerprint density at radius 3 is 2.59 bits per heavy atom. The van der Waals surface area contributed by atoms with Gasteiger partial charge >= 0.3 is 5.82 Å². The van der Waals surface area contributed by atoms with Crippen LogP contribution in [0.4, 0.5) is 14.6 Å². The largest absolute Gasteiger partial charge is 0.373 e. The van der Waals surface area contributed by atoms with E-state index in [0.717, 1.165) is 6.20 Å². The first kappa shape index (κ1) is 12.5. The first-order chi connectivity index (χ1) is 8.02. The third-order valence-corrected chi connectivity index (χ3v) is 1.95. The molecule has 0 radical (unpaired) electrons. The van der Waals surface area contributed by atoms with Crippen molar-refractivity contribution >= 4 is 5.82 Å². The number of aromatic nitrogens is 1. The lowest BCUT2D eigenvalue weighted by Crippen LogP contribution is -2.05. The van der Waals surface area contributed by atoms with Gasteiger partial charge in [0.2, 0.25) is 0 Å². The topological polar surface area (TPSA) is 104 Å². The summed E-state index contributed by atoms with van der Waals surface area (Å²) in [4.78, 5) is 12.7. The number of nitriles is 2. The van der Waals surface area contributed by atoms with E-state index in [9.17, 15) is 18.9 Å². The molecule has 0 saturated heterocycles. The summed E-state index contributed by atoms with van der Waals surface area (Å²) in [5.41, 5.74) is -1.63. The third kappa shape index (κ3) is 2.32. The number of nitro groups is 1. The molecular weight excluding hydrogens is 234 g/mol. The van der Waals surface area contributed by atoms with Crippen LogP contribution in [0.15, 0.2) is 6.20 Å². The van der Waals surface area contributed by atoms with Gasteiger partial charge in [0.1, 0.15) is 17.8 Å². The Morgan fingerprint density at radius 1 is 1.53 bits per heavy atom. The fraction of sp³-hybridized carbons (Fsp3) is 0.222. The van der Waals surface area contributed by atoms with E-state index in [2.05, 4.69) is 4.98 Å². The minimum absolute atomic E-state index is 0.0455. The molecule has 0 amide bonds. The van der Waals surface area contributed by atoms with E-state index in [-0.39, 0.29) is 12.0 Å². The van der Waals surface area contributed by atoms with Gasteiger partial charge in [-0.05, 0) is 9.91 Å². The van der Waals surface area contributed by atoms with Gasteiger partial charge in [-0.25, -0.2) is 8.78 Å². The van der Waals surface area contributed by atoms with Crippen molar-refractivity contribution in [1.29, 1.82) is 10.5 Å². The highest BCUT2D eigenvalue weighted by molar-refractivity contribution is 5.52. The van der Waals surface area contributed by atoms with E-state index < -0.39 is 28.3 Å². The number of nitrogens with zero attached hydrogens (tertiary/aromatic N) is 4. The van der Waals surface area contributed by atoms with Crippen molar-refractivity contribution in [2.45, 2.75) is 12.8 Å². The van der Waals surface area contributed by atoms with Crippen molar-refractivity contribution in [3.8, 4) is 12.1 Å². The molecule has 0 fully saturated rings. The maximum atomic E-state index is 12.7. The summed E-state index contributed by atoms with van der Waals surface area (Å²) in [7, 11) is 0. The minimum Gasteiger partial charge on any atom is -0.358 e. The second-order valence-electron chi connectivity index (χ2n) is 2.90. The number of alkyl halides is 2. The molecule has 17 heavy (non-hydrogen) atoms. The second-order valence-corrected chi connectivity index (χ2v) is 2.90. The highest BCUT2D eigenvalue weighted by Gasteiger charge is 2.29. The quantitative estimate of drug-likeness (QED) is 0.590. The number of hydrogen-bond acceptors (Lipinski definition) is 5. The van der Waals surface area contributed by atoms with Crippen molar-refractivity contribution in [2.24, 2.45) is 0 Å². The lowest BCUT2D eigenvalue weighted by Gasteiger charge is -2.05. The van der Waals surface area contributed by atoms with Gasteiger partial charge in [-0.15, -0.1) is 0 Å². The Hall–Kier alpha value is -2.61. The Kier molecular flexibility index (Phi) is 3.62. The highest BCUT2D eigenvalue weighted by Crippen LogP contribution is 2.31. The Balaban J connectivity index is 3.58. The zero-order chi connectivity index (χ0) is 13.0. The van der Waals surface area contributed by atoms with Crippen LogP contribution < -0.4 is 0 Å². The van der Waals surface area contributed by atoms with Crippen LogP contribution in [-0.2, 0) is 6.42 Å². The average molecular weight is 238 g/mol. The van der Waals surface area contributed by atoms with Gasteiger partial charge in [-0.1, -0.05) is 0 Å². The predicted octanol–water partition coefficient (Wildman–Crippen LogP) is 1.87. The summed E-state index contributed by atoms with van der Waals surface area (Å²) in [6.07, 6.45) is -2.62. The zero-order valence-corrected chi connectivity index (χ0v) is 8.22. The minimum atomic E-state index is -3.20. The molecule has 0 spiro atoms. The second kappa shape index (κ2) is 4.94. The molecule has 1 aromatic heterocycles. The van der Waals surface area contributed by atoms with Gasteiger partial charge in [0, 0.05) is 5.56 Å². The summed E-state index contributed by atoms with van der Waals surface area (Å²) in [6.45, 7) is 0. The van der Waals surface area contributed by atoms with E-state index in [1.165, 1.54) is 6.07 Å². The molecule has 0 bridgehead atoms. The molecule has 0 aliphatic heterocycles. The third-order valence-electron chi connectivity index (χ3n) is 1.95. The predicted molar refractivity (Wildman–Crippen MR) is 49.9 cm³/mol. The van der Waals surface area contributed by atoms with Crippen molar-refractivity contribution in [2.75, 3.05) is 0 Å². The lowest BCUT2D eigenvalue weighted by molar-refractivity contribution is -0.391. The fourth-order valence-electron chi connectivity index (χ4n) is 1.26. The summed E-state index contributed by atoms with van der Waals surface area (Å²) >= 11 is 0. The molecule has 8 heteroatoms. The van der Waals surface area contributed by atoms with Gasteiger partial charge < -0.3 is 10.1 Å². The molecule has 0 aliphatic rings. The van der Waals surface area contributed by atoms with Crippen LogP contribution in [0.3, 0.4) is 0 Å². The van der Waals surface area contributed by atoms with Gasteiger partial charge in [0.15, 0.2) is 0 Å². The molecule has 1 heterocycles. The highest BCUT2D eigenvalue weighted by atomic mass is 19.3. The summed E-state index contributed by atoms with van der Waals surface area (Å²) < 4.78 is 25.4. The summed E-state index contributed by atoms with van der Waals surface area (Å²) in [6, 6.07) is 3.12. The van der Waals surface area contributed by atoms with E-state index in [1.807, 2.05) is 0 Å². The molecular formula is C9H4F2N4O2. The molecule has 0 N–H and O–H groups in total. The standard InChI is InChI=1S/C9H4F2N4O2/c10-8(11)7-6(3-13)5(1-2-12)4-14-9(7)15(16)17/h4,8H,1H2. The van der Waals surface area contributed by atoms with Crippen LogP contribution >= 0.6 is 0 Å². The molecule has 0 saturated carbocycles. The SMILES string of the molecule is N#CCc1cnc([N+](=O)[O-])c(C(F)F)c1C#N. The molecule has 86 valence electrons. The van der Waals surface area contributed by atoms with Gasteiger partial charge in [-0.3, -0.25) is 0 Å². The smallest absolute Gasteiger partial charge is 0.358 e. The fourth-order valence-corrected chi connectivity index (χ4v) is 1.26. The first-order valence-electron chi connectivity index (χ1n) is 4.24. The Labute approximate surface area is 93.9 Å². The van der Waals surface area contributed by atoms with E-state index in [1.54, 1.807) is 6.07 Å². The molecule has 0 atom stereocenters. The van der Waals surface area contributed by atoms with Crippen LogP contribution in [0.2, 0.25) is 0 Å². The zero-order valence-electron chi connectivity index (χ0n) is 8.22. The van der Waals surface area contributed by atoms with Crippen molar-refractivity contribution in [3.05, 3.63) is 33.0 Å². The maximum Gasteiger partial charge on any atom is 0.373 e.